The summed E-state index contributed by atoms with van der Waals surface area (Å²) in [6.07, 6.45) is 0. The molecule has 178 valence electrons. The number of benzene rings is 2. The third kappa shape index (κ3) is 5.47. The number of thiazole rings is 1. The van der Waals surface area contributed by atoms with Crippen molar-refractivity contribution in [2.24, 2.45) is 0 Å². The summed E-state index contributed by atoms with van der Waals surface area (Å²) in [5.41, 5.74) is 0.981. The van der Waals surface area contributed by atoms with Gasteiger partial charge in [0.05, 0.1) is 29.4 Å². The van der Waals surface area contributed by atoms with E-state index in [-0.39, 0.29) is 31.2 Å². The Hall–Kier alpha value is -3.19. The van der Waals surface area contributed by atoms with Gasteiger partial charge in [-0.1, -0.05) is 30.3 Å². The molecule has 12 heteroatoms. The number of ether oxygens (including phenoxy) is 2. The predicted octanol–water partition coefficient (Wildman–Crippen LogP) is 2.77. The van der Waals surface area contributed by atoms with Gasteiger partial charge in [0, 0.05) is 24.0 Å². The molecule has 1 aliphatic heterocycles. The minimum Gasteiger partial charge on any atom is -0.452 e. The average Bonchev–Trinajstić information content (AvgIpc) is 3.32. The highest BCUT2D eigenvalue weighted by molar-refractivity contribution is 7.89. The number of halogens is 1. The van der Waals surface area contributed by atoms with Crippen LogP contribution in [0.4, 0.5) is 9.52 Å². The van der Waals surface area contributed by atoms with Gasteiger partial charge < -0.3 is 9.47 Å². The zero-order valence-corrected chi connectivity index (χ0v) is 19.4. The van der Waals surface area contributed by atoms with E-state index in [4.69, 9.17) is 9.47 Å². The molecule has 0 atom stereocenters. The molecule has 1 aliphatic rings. The standard InChI is InChI=1S/C22H20FN3O6S2/c23-18-7-6-16(34(29,30)26-8-10-31-11-9-26)12-17(18)21(28)32-13-20(27)25-22-24-19(14-33-22)15-4-2-1-3-5-15/h1-7,12,14H,8-11,13H2,(H,24,25,27). The number of rotatable bonds is 7. The second-order valence-corrected chi connectivity index (χ2v) is 9.98. The number of amides is 1. The van der Waals surface area contributed by atoms with Crippen molar-refractivity contribution in [1.82, 2.24) is 9.29 Å². The number of hydrogen-bond acceptors (Lipinski definition) is 8. The normalized spacial score (nSPS) is 14.5. The maximum Gasteiger partial charge on any atom is 0.341 e. The number of hydrogen-bond donors (Lipinski definition) is 1. The second-order valence-electron chi connectivity index (χ2n) is 7.19. The second kappa shape index (κ2) is 10.4. The highest BCUT2D eigenvalue weighted by Gasteiger charge is 2.28. The summed E-state index contributed by atoms with van der Waals surface area (Å²) in [4.78, 5) is 28.6. The molecule has 1 saturated heterocycles. The first-order valence-electron chi connectivity index (χ1n) is 10.2. The molecule has 3 aromatic rings. The summed E-state index contributed by atoms with van der Waals surface area (Å²) in [5.74, 6) is -2.78. The number of sulfonamides is 1. The minimum absolute atomic E-state index is 0.155. The highest BCUT2D eigenvalue weighted by atomic mass is 32.2. The molecule has 1 amide bonds. The van der Waals surface area contributed by atoms with Crippen LogP contribution >= 0.6 is 11.3 Å². The van der Waals surface area contributed by atoms with Crippen LogP contribution in [0.25, 0.3) is 11.3 Å². The molecule has 0 unspecified atom stereocenters. The Morgan fingerprint density at radius 3 is 2.62 bits per heavy atom. The van der Waals surface area contributed by atoms with E-state index >= 15 is 0 Å². The summed E-state index contributed by atoms with van der Waals surface area (Å²) in [6, 6.07) is 12.2. The third-order valence-corrected chi connectivity index (χ3v) is 7.57. The zero-order chi connectivity index (χ0) is 24.1. The monoisotopic (exact) mass is 505 g/mol. The van der Waals surface area contributed by atoms with Crippen LogP contribution in [0.5, 0.6) is 0 Å². The fourth-order valence-electron chi connectivity index (χ4n) is 3.19. The Labute approximate surface area is 199 Å². The highest BCUT2D eigenvalue weighted by Crippen LogP contribution is 2.25. The topological polar surface area (TPSA) is 115 Å². The van der Waals surface area contributed by atoms with Gasteiger partial charge in [-0.2, -0.15) is 4.31 Å². The molecule has 1 N–H and O–H groups in total. The van der Waals surface area contributed by atoms with E-state index in [0.29, 0.717) is 10.8 Å². The molecule has 0 saturated carbocycles. The number of anilines is 1. The molecule has 0 spiro atoms. The van der Waals surface area contributed by atoms with Crippen molar-refractivity contribution in [1.29, 1.82) is 0 Å². The van der Waals surface area contributed by atoms with Gasteiger partial charge in [-0.15, -0.1) is 11.3 Å². The molecule has 0 bridgehead atoms. The van der Waals surface area contributed by atoms with E-state index in [2.05, 4.69) is 10.3 Å². The first kappa shape index (κ1) is 24.0. The van der Waals surface area contributed by atoms with E-state index in [1.807, 2.05) is 30.3 Å². The van der Waals surface area contributed by atoms with Gasteiger partial charge >= 0.3 is 5.97 Å². The van der Waals surface area contributed by atoms with Crippen LogP contribution < -0.4 is 5.32 Å². The van der Waals surface area contributed by atoms with E-state index in [9.17, 15) is 22.4 Å². The van der Waals surface area contributed by atoms with Gasteiger partial charge in [0.25, 0.3) is 5.91 Å². The molecule has 1 fully saturated rings. The maximum absolute atomic E-state index is 14.2. The number of aromatic nitrogens is 1. The summed E-state index contributed by atoms with van der Waals surface area (Å²) in [5, 5.41) is 4.60. The van der Waals surface area contributed by atoms with Crippen molar-refractivity contribution >= 4 is 38.4 Å². The quantitative estimate of drug-likeness (QED) is 0.491. The molecule has 0 radical (unpaired) electrons. The van der Waals surface area contributed by atoms with Gasteiger partial charge in [-0.05, 0) is 18.2 Å². The Kier molecular flexibility index (Phi) is 7.32. The zero-order valence-electron chi connectivity index (χ0n) is 17.8. The SMILES string of the molecule is O=C(COC(=O)c1cc(S(=O)(=O)N2CCOCC2)ccc1F)Nc1nc(-c2ccccc2)cs1. The van der Waals surface area contributed by atoms with Gasteiger partial charge in [0.15, 0.2) is 11.7 Å². The number of morpholine rings is 1. The summed E-state index contributed by atoms with van der Waals surface area (Å²) < 4.78 is 51.0. The number of carbonyl (C=O) groups is 2. The Bertz CT molecular complexity index is 1290. The maximum atomic E-state index is 14.2. The summed E-state index contributed by atoms with van der Waals surface area (Å²) in [6.45, 7) is 0.108. The summed E-state index contributed by atoms with van der Waals surface area (Å²) >= 11 is 1.20. The lowest BCUT2D eigenvalue weighted by Crippen LogP contribution is -2.40. The van der Waals surface area contributed by atoms with Crippen LogP contribution in [0.1, 0.15) is 10.4 Å². The van der Waals surface area contributed by atoms with E-state index in [1.54, 1.807) is 5.38 Å². The Balaban J connectivity index is 1.38. The number of esters is 1. The van der Waals surface area contributed by atoms with Crippen LogP contribution in [0, 0.1) is 5.82 Å². The lowest BCUT2D eigenvalue weighted by atomic mass is 10.2. The minimum atomic E-state index is -3.93. The molecule has 1 aromatic heterocycles. The molecule has 34 heavy (non-hydrogen) atoms. The molecular formula is C22H20FN3O6S2. The fraction of sp³-hybridized carbons (Fsp3) is 0.227. The first-order chi connectivity index (χ1) is 16.3. The Morgan fingerprint density at radius 1 is 1.15 bits per heavy atom. The lowest BCUT2D eigenvalue weighted by molar-refractivity contribution is -0.119. The van der Waals surface area contributed by atoms with Crippen LogP contribution in [0.3, 0.4) is 0 Å². The van der Waals surface area contributed by atoms with Gasteiger partial charge in [-0.3, -0.25) is 10.1 Å². The lowest BCUT2D eigenvalue weighted by Gasteiger charge is -2.26. The van der Waals surface area contributed by atoms with Crippen molar-refractivity contribution in [3.8, 4) is 11.3 Å². The Morgan fingerprint density at radius 2 is 1.88 bits per heavy atom. The van der Waals surface area contributed by atoms with Crippen molar-refractivity contribution < 1.29 is 31.9 Å². The van der Waals surface area contributed by atoms with Gasteiger partial charge in [-0.25, -0.2) is 22.6 Å². The summed E-state index contributed by atoms with van der Waals surface area (Å²) in [7, 11) is -3.93. The van der Waals surface area contributed by atoms with Crippen molar-refractivity contribution in [3.63, 3.8) is 0 Å². The molecule has 0 aliphatic carbocycles. The number of nitrogens with zero attached hydrogens (tertiary/aromatic N) is 2. The average molecular weight is 506 g/mol. The molecule has 2 heterocycles. The fourth-order valence-corrected chi connectivity index (χ4v) is 5.36. The smallest absolute Gasteiger partial charge is 0.341 e. The molecule has 4 rings (SSSR count). The van der Waals surface area contributed by atoms with Crippen LogP contribution in [-0.2, 0) is 24.3 Å². The largest absolute Gasteiger partial charge is 0.452 e. The molecular weight excluding hydrogens is 485 g/mol. The van der Waals surface area contributed by atoms with Crippen LogP contribution in [0.15, 0.2) is 58.8 Å². The van der Waals surface area contributed by atoms with Crippen molar-refractivity contribution in [3.05, 3.63) is 65.3 Å². The van der Waals surface area contributed by atoms with Gasteiger partial charge in [0.2, 0.25) is 10.0 Å². The van der Waals surface area contributed by atoms with Crippen LogP contribution in [-0.4, -0.2) is 62.5 Å². The van der Waals surface area contributed by atoms with Gasteiger partial charge in [0.1, 0.15) is 5.82 Å². The molecule has 2 aromatic carbocycles. The van der Waals surface area contributed by atoms with E-state index in [1.165, 1.54) is 15.6 Å². The number of nitrogens with one attached hydrogen (secondary N) is 1. The van der Waals surface area contributed by atoms with E-state index < -0.39 is 39.9 Å². The van der Waals surface area contributed by atoms with Crippen LogP contribution in [0.2, 0.25) is 0 Å². The molecule has 9 nitrogen and oxygen atoms in total. The first-order valence-corrected chi connectivity index (χ1v) is 12.5. The van der Waals surface area contributed by atoms with Crippen molar-refractivity contribution in [2.45, 2.75) is 4.90 Å². The van der Waals surface area contributed by atoms with Crippen molar-refractivity contribution in [2.75, 3.05) is 38.2 Å². The third-order valence-electron chi connectivity index (χ3n) is 4.92. The number of carbonyl (C=O) groups excluding carboxylic acids is 2. The van der Waals surface area contributed by atoms with E-state index in [0.717, 1.165) is 23.8 Å². The predicted molar refractivity (Wildman–Crippen MR) is 122 cm³/mol.